The van der Waals surface area contributed by atoms with Crippen molar-refractivity contribution in [1.82, 2.24) is 4.48 Å². The number of guanidine groups is 1. The number of nitrogens with zero attached hydrogens (tertiary/aromatic N) is 1. The zero-order chi connectivity index (χ0) is 13.9. The van der Waals surface area contributed by atoms with Crippen LogP contribution in [0.25, 0.3) is 0 Å². The second-order valence-electron chi connectivity index (χ2n) is 4.23. The molecule has 1 aromatic rings. The molecular weight excluding hydrogens is 235 g/mol. The van der Waals surface area contributed by atoms with Gasteiger partial charge in [-0.1, -0.05) is 25.5 Å². The third-order valence-electron chi connectivity index (χ3n) is 2.96. The number of hydrogen-bond donors (Lipinski definition) is 3. The average molecular weight is 253 g/mol. The van der Waals surface area contributed by atoms with Crippen molar-refractivity contribution in [3.8, 4) is 0 Å². The minimum Gasteiger partial charge on any atom is -0.337 e. The van der Waals surface area contributed by atoms with E-state index in [0.29, 0.717) is 12.0 Å². The minimum atomic E-state index is -0.884. The van der Waals surface area contributed by atoms with Gasteiger partial charge in [-0.25, -0.2) is 14.6 Å². The van der Waals surface area contributed by atoms with Gasteiger partial charge in [0.15, 0.2) is 11.5 Å². The van der Waals surface area contributed by atoms with Gasteiger partial charge in [0.05, 0.1) is 7.05 Å². The number of carbonyl (C=O) groups excluding carboxylic acids is 1. The van der Waals surface area contributed by atoms with E-state index in [0.717, 1.165) is 6.42 Å². The van der Waals surface area contributed by atoms with Crippen LogP contribution in [0.3, 0.4) is 0 Å². The van der Waals surface area contributed by atoms with Crippen LogP contribution in [0.15, 0.2) is 18.2 Å². The van der Waals surface area contributed by atoms with Crippen LogP contribution in [0.5, 0.6) is 0 Å². The highest BCUT2D eigenvalue weighted by atomic mass is 19.1. The molecule has 0 aliphatic carbocycles. The molecule has 0 fully saturated rings. The lowest BCUT2D eigenvalue weighted by atomic mass is 10.1. The summed E-state index contributed by atoms with van der Waals surface area (Å²) in [6.45, 7) is 1.94. The van der Waals surface area contributed by atoms with Crippen molar-refractivity contribution < 1.29 is 9.18 Å². The second-order valence-corrected chi connectivity index (χ2v) is 4.23. The van der Waals surface area contributed by atoms with Gasteiger partial charge in [0.25, 0.3) is 0 Å². The third kappa shape index (κ3) is 2.19. The van der Waals surface area contributed by atoms with E-state index in [2.05, 4.69) is 0 Å². The zero-order valence-electron chi connectivity index (χ0n) is 10.5. The highest BCUT2D eigenvalue weighted by Crippen LogP contribution is 2.30. The van der Waals surface area contributed by atoms with Gasteiger partial charge in [-0.3, -0.25) is 0 Å². The molecule has 0 saturated carbocycles. The van der Waals surface area contributed by atoms with Crippen LogP contribution in [-0.2, 0) is 6.42 Å². The smallest absolute Gasteiger partial charge is 0.337 e. The maximum absolute atomic E-state index is 14.0. The maximum Gasteiger partial charge on any atom is 0.426 e. The van der Waals surface area contributed by atoms with Gasteiger partial charge in [0, 0.05) is 5.56 Å². The number of nitrogens with one attached hydrogen (secondary N) is 1. The Kier molecular flexibility index (Phi) is 4.03. The van der Waals surface area contributed by atoms with E-state index in [1.54, 1.807) is 12.1 Å². The summed E-state index contributed by atoms with van der Waals surface area (Å²) in [5, 5.41) is 7.52. The first-order valence-electron chi connectivity index (χ1n) is 5.64. The molecule has 2 amide bonds. The van der Waals surface area contributed by atoms with Gasteiger partial charge in [0.2, 0.25) is 0 Å². The number of carbonyl (C=O) groups is 1. The van der Waals surface area contributed by atoms with Crippen molar-refractivity contribution >= 4 is 17.7 Å². The molecule has 1 atom stereocenters. The second kappa shape index (κ2) is 5.14. The van der Waals surface area contributed by atoms with Crippen LogP contribution in [-0.4, -0.2) is 19.0 Å². The lowest BCUT2D eigenvalue weighted by Gasteiger charge is -2.28. The largest absolute Gasteiger partial charge is 0.426 e. The molecule has 18 heavy (non-hydrogen) atoms. The van der Waals surface area contributed by atoms with Crippen LogP contribution >= 0.6 is 0 Å². The molecule has 1 rings (SSSR count). The Morgan fingerprint density at radius 3 is 2.50 bits per heavy atom. The van der Waals surface area contributed by atoms with Crippen molar-refractivity contribution in [1.29, 1.82) is 5.41 Å². The van der Waals surface area contributed by atoms with E-state index < -0.39 is 22.3 Å². The molecule has 5 N–H and O–H groups in total. The lowest BCUT2D eigenvalue weighted by molar-refractivity contribution is 0.234. The van der Waals surface area contributed by atoms with Crippen LogP contribution in [0.4, 0.5) is 14.9 Å². The van der Waals surface area contributed by atoms with E-state index >= 15 is 0 Å². The van der Waals surface area contributed by atoms with E-state index in [1.165, 1.54) is 13.1 Å². The van der Waals surface area contributed by atoms with E-state index in [9.17, 15) is 9.18 Å². The number of amides is 2. The number of quaternary nitrogens is 1. The number of aryl methyl sites for hydroxylation is 1. The summed E-state index contributed by atoms with van der Waals surface area (Å²) >= 11 is 0. The molecule has 5 nitrogen and oxygen atoms in total. The van der Waals surface area contributed by atoms with Crippen LogP contribution in [0, 0.1) is 11.2 Å². The molecule has 98 valence electrons. The van der Waals surface area contributed by atoms with E-state index in [1.807, 2.05) is 6.92 Å². The summed E-state index contributed by atoms with van der Waals surface area (Å²) in [4.78, 5) is 11.6. The normalized spacial score (nSPS) is 13.9. The quantitative estimate of drug-likeness (QED) is 0.434. The molecule has 1 unspecified atom stereocenters. The van der Waals surface area contributed by atoms with Gasteiger partial charge < -0.3 is 11.5 Å². The zero-order valence-corrected chi connectivity index (χ0v) is 10.5. The van der Waals surface area contributed by atoms with Crippen molar-refractivity contribution in [2.24, 2.45) is 11.5 Å². The first kappa shape index (κ1) is 14.1. The topological polar surface area (TPSA) is 93.0 Å². The molecule has 0 heterocycles. The number of rotatable bonds is 3. The number of primary amides is 1. The van der Waals surface area contributed by atoms with E-state index in [4.69, 9.17) is 16.9 Å². The number of para-hydroxylation sites is 1. The maximum atomic E-state index is 14.0. The van der Waals surface area contributed by atoms with Crippen molar-refractivity contribution in [2.75, 3.05) is 7.05 Å². The first-order valence-corrected chi connectivity index (χ1v) is 5.64. The fraction of sp³-hybridized carbons (Fsp3) is 0.333. The summed E-state index contributed by atoms with van der Waals surface area (Å²) < 4.78 is 13.2. The summed E-state index contributed by atoms with van der Waals surface area (Å²) in [7, 11) is 1.32. The van der Waals surface area contributed by atoms with Crippen LogP contribution in [0.1, 0.15) is 18.9 Å². The summed E-state index contributed by atoms with van der Waals surface area (Å²) in [5.41, 5.74) is 11.4. The first-order chi connectivity index (χ1) is 8.35. The molecule has 0 spiro atoms. The molecule has 0 aliphatic rings. The highest BCUT2D eigenvalue weighted by Gasteiger charge is 2.41. The molecule has 0 aromatic heterocycles. The van der Waals surface area contributed by atoms with Gasteiger partial charge in [-0.05, 0) is 12.5 Å². The Bertz CT molecular complexity index is 473. The van der Waals surface area contributed by atoms with Crippen molar-refractivity contribution in [3.05, 3.63) is 29.6 Å². The molecule has 0 aliphatic heterocycles. The molecule has 0 radical (unpaired) electrons. The Labute approximate surface area is 105 Å². The standard InChI is InChI=1S/C12H17FN4O/c1-3-5-8-6-4-7-9(13)10(8)17(2,11(14)15)12(16)18/h4,6-7H,3,5H2,1-2H3,(H4-,14,15,16,18)/p+1. The Morgan fingerprint density at radius 1 is 1.44 bits per heavy atom. The summed E-state index contributed by atoms with van der Waals surface area (Å²) in [6, 6.07) is 3.63. The fourth-order valence-electron chi connectivity index (χ4n) is 1.88. The number of benzene rings is 1. The van der Waals surface area contributed by atoms with Gasteiger partial charge in [0.1, 0.15) is 0 Å². The third-order valence-corrected chi connectivity index (χ3v) is 2.96. The van der Waals surface area contributed by atoms with Crippen LogP contribution in [0.2, 0.25) is 0 Å². The fourth-order valence-corrected chi connectivity index (χ4v) is 1.88. The number of halogens is 1. The Morgan fingerprint density at radius 2 is 2.06 bits per heavy atom. The Hall–Kier alpha value is -1.95. The molecule has 0 saturated heterocycles. The van der Waals surface area contributed by atoms with Gasteiger partial charge in [-0.2, -0.15) is 0 Å². The molecule has 0 bridgehead atoms. The minimum absolute atomic E-state index is 0.0550. The number of urea groups is 1. The Balaban J connectivity index is 3.55. The molecular formula is C12H18FN4O+. The predicted octanol–water partition coefficient (Wildman–Crippen LogP) is 1.69. The number of nitrogens with two attached hydrogens (primary N) is 2. The highest BCUT2D eigenvalue weighted by molar-refractivity contribution is 6.07. The molecule has 6 heteroatoms. The monoisotopic (exact) mass is 253 g/mol. The van der Waals surface area contributed by atoms with Gasteiger partial charge in [-0.15, -0.1) is 4.48 Å². The lowest BCUT2D eigenvalue weighted by Crippen LogP contribution is -2.61. The van der Waals surface area contributed by atoms with Crippen LogP contribution < -0.4 is 16.0 Å². The SMILES string of the molecule is CCCc1cccc(F)c1[N+](C)(C(=N)N)C(N)=O. The number of hydrogen-bond acceptors (Lipinski definition) is 2. The summed E-state index contributed by atoms with van der Waals surface area (Å²) in [6.07, 6.45) is 1.37. The molecule has 1 aromatic carbocycles. The van der Waals surface area contributed by atoms with Gasteiger partial charge >= 0.3 is 12.0 Å². The summed E-state index contributed by atoms with van der Waals surface area (Å²) in [5.74, 6) is -1.09. The average Bonchev–Trinajstić information content (AvgIpc) is 2.28. The van der Waals surface area contributed by atoms with Crippen molar-refractivity contribution in [2.45, 2.75) is 19.8 Å². The predicted molar refractivity (Wildman–Crippen MR) is 69.6 cm³/mol. The van der Waals surface area contributed by atoms with E-state index in [-0.39, 0.29) is 5.69 Å². The van der Waals surface area contributed by atoms with Crippen molar-refractivity contribution in [3.63, 3.8) is 0 Å².